The molecule has 1 aromatic heterocycles. The van der Waals surface area contributed by atoms with Crippen LogP contribution in [0.2, 0.25) is 0 Å². The summed E-state index contributed by atoms with van der Waals surface area (Å²) in [4.78, 5) is 0. The average Bonchev–Trinajstić information content (AvgIpc) is 3.43. The summed E-state index contributed by atoms with van der Waals surface area (Å²) in [5.41, 5.74) is 4.62. The van der Waals surface area contributed by atoms with E-state index in [1.165, 1.54) is 43.4 Å². The van der Waals surface area contributed by atoms with Crippen molar-refractivity contribution < 1.29 is 4.42 Å². The van der Waals surface area contributed by atoms with E-state index in [9.17, 15) is 0 Å². The van der Waals surface area contributed by atoms with Gasteiger partial charge < -0.3 is 4.42 Å². The predicted molar refractivity (Wildman–Crippen MR) is 148 cm³/mol. The summed E-state index contributed by atoms with van der Waals surface area (Å²) in [6.45, 7) is 0. The molecule has 1 heteroatoms. The van der Waals surface area contributed by atoms with Crippen LogP contribution in [0.15, 0.2) is 138 Å². The molecule has 0 unspecified atom stereocenters. The molecule has 0 atom stereocenters. The zero-order valence-corrected chi connectivity index (χ0v) is 19.1. The molecule has 0 aliphatic carbocycles. The zero-order valence-electron chi connectivity index (χ0n) is 19.1. The molecule has 0 aliphatic rings. The van der Waals surface area contributed by atoms with Crippen LogP contribution < -0.4 is 0 Å². The van der Waals surface area contributed by atoms with Crippen molar-refractivity contribution >= 4 is 32.3 Å². The van der Waals surface area contributed by atoms with Crippen LogP contribution >= 0.6 is 0 Å². The van der Waals surface area contributed by atoms with Gasteiger partial charge >= 0.3 is 0 Å². The van der Waals surface area contributed by atoms with Gasteiger partial charge in [0.2, 0.25) is 0 Å². The van der Waals surface area contributed by atoms with E-state index in [0.29, 0.717) is 0 Å². The fourth-order valence-electron chi connectivity index (χ4n) is 5.11. The summed E-state index contributed by atoms with van der Waals surface area (Å²) in [5, 5.41) is 7.56. The zero-order chi connectivity index (χ0) is 23.2. The molecule has 35 heavy (non-hydrogen) atoms. The van der Waals surface area contributed by atoms with Crippen molar-refractivity contribution in [3.8, 4) is 33.8 Å². The summed E-state index contributed by atoms with van der Waals surface area (Å²) >= 11 is 0. The van der Waals surface area contributed by atoms with Crippen molar-refractivity contribution in [1.82, 2.24) is 0 Å². The Bertz CT molecular complexity index is 1830. The number of rotatable bonds is 3. The number of fused-ring (bicyclic) bond motifs is 4. The highest BCUT2D eigenvalue weighted by atomic mass is 16.3. The van der Waals surface area contributed by atoms with Gasteiger partial charge in [-0.25, -0.2) is 0 Å². The van der Waals surface area contributed by atoms with Gasteiger partial charge in [0.25, 0.3) is 0 Å². The number of benzene rings is 6. The van der Waals surface area contributed by atoms with Gasteiger partial charge in [-0.15, -0.1) is 0 Å². The molecule has 0 fully saturated rings. The largest absolute Gasteiger partial charge is 0.456 e. The first-order valence-corrected chi connectivity index (χ1v) is 11.9. The molecule has 164 valence electrons. The van der Waals surface area contributed by atoms with E-state index in [1.54, 1.807) is 0 Å². The molecule has 1 nitrogen and oxygen atoms in total. The van der Waals surface area contributed by atoms with Gasteiger partial charge in [0.1, 0.15) is 11.5 Å². The second kappa shape index (κ2) is 8.00. The van der Waals surface area contributed by atoms with E-state index >= 15 is 0 Å². The minimum atomic E-state index is 0.878. The third-order valence-corrected chi connectivity index (χ3v) is 6.91. The minimum absolute atomic E-state index is 0.878. The molecule has 1 heterocycles. The molecule has 0 radical (unpaired) electrons. The van der Waals surface area contributed by atoms with Crippen molar-refractivity contribution in [2.24, 2.45) is 0 Å². The van der Waals surface area contributed by atoms with Gasteiger partial charge in [-0.05, 0) is 61.6 Å². The van der Waals surface area contributed by atoms with Crippen LogP contribution in [0.25, 0.3) is 66.1 Å². The van der Waals surface area contributed by atoms with E-state index in [4.69, 9.17) is 4.42 Å². The van der Waals surface area contributed by atoms with Crippen molar-refractivity contribution in [3.63, 3.8) is 0 Å². The van der Waals surface area contributed by atoms with E-state index in [-0.39, 0.29) is 0 Å². The van der Waals surface area contributed by atoms with Crippen molar-refractivity contribution in [2.75, 3.05) is 0 Å². The molecule has 7 aromatic rings. The predicted octanol–water partition coefficient (Wildman–Crippen LogP) is 9.74. The highest BCUT2D eigenvalue weighted by Gasteiger charge is 2.10. The Labute approximate surface area is 203 Å². The van der Waals surface area contributed by atoms with Crippen LogP contribution in [0.5, 0.6) is 0 Å². The normalized spacial score (nSPS) is 11.4. The standard InChI is InChI=1S/C34H22O/c1-3-9-29-23(6-1)8-5-11-31(29)25-12-15-26(16-13-25)33-20-21-34(35-33)28-18-19-32-27(22-28)17-14-24-7-2-4-10-30(24)32/h1-22H. The van der Waals surface area contributed by atoms with Crippen molar-refractivity contribution in [1.29, 1.82) is 0 Å². The fraction of sp³-hybridized carbons (Fsp3) is 0. The highest BCUT2D eigenvalue weighted by molar-refractivity contribution is 6.08. The Balaban J connectivity index is 1.22. The topological polar surface area (TPSA) is 13.1 Å². The first-order chi connectivity index (χ1) is 17.3. The second-order valence-electron chi connectivity index (χ2n) is 8.99. The van der Waals surface area contributed by atoms with Gasteiger partial charge in [-0.2, -0.15) is 0 Å². The SMILES string of the molecule is c1ccc2c(-c3ccc(-c4ccc(-c5ccc6c(ccc7ccccc76)c5)o4)cc3)cccc2c1. The average molecular weight is 447 g/mol. The first-order valence-electron chi connectivity index (χ1n) is 11.9. The van der Waals surface area contributed by atoms with Crippen molar-refractivity contribution in [2.45, 2.75) is 0 Å². The van der Waals surface area contributed by atoms with Crippen LogP contribution in [0, 0.1) is 0 Å². The maximum Gasteiger partial charge on any atom is 0.134 e. The van der Waals surface area contributed by atoms with Crippen LogP contribution in [0.3, 0.4) is 0 Å². The molecule has 0 amide bonds. The summed E-state index contributed by atoms with van der Waals surface area (Å²) < 4.78 is 6.31. The van der Waals surface area contributed by atoms with Gasteiger partial charge in [-0.1, -0.05) is 115 Å². The molecule has 0 bridgehead atoms. The Morgan fingerprint density at radius 1 is 0.343 bits per heavy atom. The molecule has 7 rings (SSSR count). The number of furan rings is 1. The first kappa shape index (κ1) is 19.8. The summed E-state index contributed by atoms with van der Waals surface area (Å²) in [7, 11) is 0. The molecular formula is C34H22O. The summed E-state index contributed by atoms with van der Waals surface area (Å²) in [6.07, 6.45) is 0. The number of hydrogen-bond donors (Lipinski definition) is 0. The van der Waals surface area contributed by atoms with Gasteiger partial charge in [0, 0.05) is 11.1 Å². The lowest BCUT2D eigenvalue weighted by atomic mass is 9.97. The lowest BCUT2D eigenvalue weighted by Crippen LogP contribution is -1.82. The number of hydrogen-bond acceptors (Lipinski definition) is 1. The lowest BCUT2D eigenvalue weighted by molar-refractivity contribution is 0.597. The molecule has 0 saturated carbocycles. The van der Waals surface area contributed by atoms with E-state index in [0.717, 1.165) is 22.6 Å². The fourth-order valence-corrected chi connectivity index (χ4v) is 5.11. The quantitative estimate of drug-likeness (QED) is 0.246. The molecule has 0 saturated heterocycles. The lowest BCUT2D eigenvalue weighted by Gasteiger charge is -2.08. The third-order valence-electron chi connectivity index (χ3n) is 6.91. The van der Waals surface area contributed by atoms with Gasteiger partial charge in [0.15, 0.2) is 0 Å². The minimum Gasteiger partial charge on any atom is -0.456 e. The van der Waals surface area contributed by atoms with E-state index < -0.39 is 0 Å². The monoisotopic (exact) mass is 446 g/mol. The third kappa shape index (κ3) is 3.41. The molecule has 0 aliphatic heterocycles. The van der Waals surface area contributed by atoms with Crippen molar-refractivity contribution in [3.05, 3.63) is 133 Å². The smallest absolute Gasteiger partial charge is 0.134 e. The van der Waals surface area contributed by atoms with Gasteiger partial charge in [0.05, 0.1) is 0 Å². The van der Waals surface area contributed by atoms with Crippen LogP contribution in [0.4, 0.5) is 0 Å². The Morgan fingerprint density at radius 3 is 1.74 bits per heavy atom. The molecular weight excluding hydrogens is 424 g/mol. The highest BCUT2D eigenvalue weighted by Crippen LogP contribution is 2.34. The second-order valence-corrected chi connectivity index (χ2v) is 8.99. The maximum atomic E-state index is 6.31. The molecule has 0 spiro atoms. The Hall–Kier alpha value is -4.62. The van der Waals surface area contributed by atoms with Crippen LogP contribution in [0.1, 0.15) is 0 Å². The summed E-state index contributed by atoms with van der Waals surface area (Å²) in [5.74, 6) is 1.76. The van der Waals surface area contributed by atoms with E-state index in [1.807, 2.05) is 0 Å². The maximum absolute atomic E-state index is 6.31. The molecule has 0 N–H and O–H groups in total. The molecule has 6 aromatic carbocycles. The Morgan fingerprint density at radius 2 is 0.914 bits per heavy atom. The van der Waals surface area contributed by atoms with Crippen LogP contribution in [-0.4, -0.2) is 0 Å². The summed E-state index contributed by atoms with van der Waals surface area (Å²) in [6, 6.07) is 47.3. The van der Waals surface area contributed by atoms with Gasteiger partial charge in [-0.3, -0.25) is 0 Å². The Kier molecular flexibility index (Phi) is 4.53. The van der Waals surface area contributed by atoms with Crippen LogP contribution in [-0.2, 0) is 0 Å². The van der Waals surface area contributed by atoms with E-state index in [2.05, 4.69) is 133 Å².